The van der Waals surface area contributed by atoms with Crippen LogP contribution < -0.4 is 0 Å². The van der Waals surface area contributed by atoms with Gasteiger partial charge in [0, 0.05) is 5.92 Å². The maximum Gasteiger partial charge on any atom is 0.306 e. The smallest absolute Gasteiger partial charge is 0.306 e. The van der Waals surface area contributed by atoms with Crippen molar-refractivity contribution in [3.8, 4) is 0 Å². The molecule has 0 aliphatic heterocycles. The molecule has 0 radical (unpaired) electrons. The number of aliphatic hydroxyl groups excluding tert-OH is 1. The Morgan fingerprint density at radius 1 is 1.43 bits per heavy atom. The molecule has 1 fully saturated rings. The van der Waals surface area contributed by atoms with E-state index < -0.39 is 12.1 Å². The standard InChI is InChI=1S/C11H18O3/c1-2-3-4-5-8-9(11(13)14)6-7-10(8)12/h3-4,8-10,12H,2,5-7H2,1H3,(H,13,14)/b4-3-/t8-,9-,10-/m0/s1. The van der Waals surface area contributed by atoms with Gasteiger partial charge in [-0.1, -0.05) is 19.1 Å². The van der Waals surface area contributed by atoms with Crippen LogP contribution in [0.15, 0.2) is 12.2 Å². The van der Waals surface area contributed by atoms with E-state index in [4.69, 9.17) is 5.11 Å². The number of carboxylic acids is 1. The van der Waals surface area contributed by atoms with Gasteiger partial charge in [0.2, 0.25) is 0 Å². The lowest BCUT2D eigenvalue weighted by atomic mass is 9.91. The number of hydrogen-bond acceptors (Lipinski definition) is 2. The van der Waals surface area contributed by atoms with Crippen molar-refractivity contribution >= 4 is 5.97 Å². The van der Waals surface area contributed by atoms with E-state index in [1.54, 1.807) is 0 Å². The Hall–Kier alpha value is -0.830. The molecule has 1 rings (SSSR count). The van der Waals surface area contributed by atoms with Crippen LogP contribution in [0, 0.1) is 11.8 Å². The Morgan fingerprint density at radius 3 is 2.71 bits per heavy atom. The van der Waals surface area contributed by atoms with Crippen molar-refractivity contribution in [2.45, 2.75) is 38.7 Å². The number of allylic oxidation sites excluding steroid dienone is 2. The molecule has 0 aromatic carbocycles. The van der Waals surface area contributed by atoms with Gasteiger partial charge < -0.3 is 10.2 Å². The van der Waals surface area contributed by atoms with E-state index in [9.17, 15) is 9.90 Å². The first-order valence-corrected chi connectivity index (χ1v) is 5.22. The highest BCUT2D eigenvalue weighted by Crippen LogP contribution is 2.34. The molecule has 0 aromatic heterocycles. The largest absolute Gasteiger partial charge is 0.481 e. The summed E-state index contributed by atoms with van der Waals surface area (Å²) in [6, 6.07) is 0. The van der Waals surface area contributed by atoms with Gasteiger partial charge in [0.1, 0.15) is 0 Å². The van der Waals surface area contributed by atoms with E-state index >= 15 is 0 Å². The minimum absolute atomic E-state index is 0.0877. The molecule has 0 saturated heterocycles. The summed E-state index contributed by atoms with van der Waals surface area (Å²) in [5, 5.41) is 18.5. The van der Waals surface area contributed by atoms with Gasteiger partial charge in [-0.25, -0.2) is 0 Å². The molecule has 0 amide bonds. The molecule has 0 unspecified atom stereocenters. The van der Waals surface area contributed by atoms with Crippen LogP contribution in [-0.4, -0.2) is 22.3 Å². The van der Waals surface area contributed by atoms with Gasteiger partial charge >= 0.3 is 5.97 Å². The fourth-order valence-corrected chi connectivity index (χ4v) is 2.09. The van der Waals surface area contributed by atoms with E-state index in [0.29, 0.717) is 19.3 Å². The lowest BCUT2D eigenvalue weighted by molar-refractivity contribution is -0.143. The summed E-state index contributed by atoms with van der Waals surface area (Å²) in [6.07, 6.45) is 6.45. The molecule has 0 heterocycles. The van der Waals surface area contributed by atoms with Crippen molar-refractivity contribution in [1.82, 2.24) is 0 Å². The van der Waals surface area contributed by atoms with Crippen LogP contribution in [0.25, 0.3) is 0 Å². The van der Waals surface area contributed by atoms with Crippen molar-refractivity contribution in [2.75, 3.05) is 0 Å². The van der Waals surface area contributed by atoms with Crippen LogP contribution in [0.4, 0.5) is 0 Å². The van der Waals surface area contributed by atoms with Crippen molar-refractivity contribution in [3.63, 3.8) is 0 Å². The maximum atomic E-state index is 10.9. The fourth-order valence-electron chi connectivity index (χ4n) is 2.09. The van der Waals surface area contributed by atoms with Crippen LogP contribution in [0.5, 0.6) is 0 Å². The number of rotatable bonds is 4. The van der Waals surface area contributed by atoms with Gasteiger partial charge in [-0.05, 0) is 25.7 Å². The molecule has 2 N–H and O–H groups in total. The Labute approximate surface area is 84.4 Å². The Morgan fingerprint density at radius 2 is 2.14 bits per heavy atom. The molecule has 0 spiro atoms. The van der Waals surface area contributed by atoms with Crippen LogP contribution in [0.3, 0.4) is 0 Å². The van der Waals surface area contributed by atoms with E-state index in [-0.39, 0.29) is 11.8 Å². The van der Waals surface area contributed by atoms with Gasteiger partial charge in [0.25, 0.3) is 0 Å². The minimum Gasteiger partial charge on any atom is -0.481 e. The quantitative estimate of drug-likeness (QED) is 0.677. The second kappa shape index (κ2) is 5.15. The monoisotopic (exact) mass is 198 g/mol. The summed E-state index contributed by atoms with van der Waals surface area (Å²) >= 11 is 0. The third kappa shape index (κ3) is 2.58. The second-order valence-electron chi connectivity index (χ2n) is 3.87. The summed E-state index contributed by atoms with van der Waals surface area (Å²) in [7, 11) is 0. The molecule has 1 saturated carbocycles. The Balaban J connectivity index is 2.53. The summed E-state index contributed by atoms with van der Waals surface area (Å²) in [5.41, 5.74) is 0. The number of carbonyl (C=O) groups is 1. The van der Waals surface area contributed by atoms with Crippen LogP contribution in [-0.2, 0) is 4.79 Å². The van der Waals surface area contributed by atoms with Gasteiger partial charge in [-0.2, -0.15) is 0 Å². The summed E-state index contributed by atoms with van der Waals surface area (Å²) in [6.45, 7) is 2.04. The number of aliphatic carboxylic acids is 1. The zero-order chi connectivity index (χ0) is 10.6. The normalized spacial score (nSPS) is 32.6. The number of aliphatic hydroxyl groups is 1. The third-order valence-corrected chi connectivity index (χ3v) is 2.91. The Kier molecular flexibility index (Phi) is 4.14. The predicted molar refractivity (Wildman–Crippen MR) is 53.9 cm³/mol. The van der Waals surface area contributed by atoms with Gasteiger partial charge in [-0.3, -0.25) is 4.79 Å². The molecule has 0 bridgehead atoms. The van der Waals surface area contributed by atoms with Crippen LogP contribution in [0.1, 0.15) is 32.6 Å². The van der Waals surface area contributed by atoms with Gasteiger partial charge in [-0.15, -0.1) is 0 Å². The van der Waals surface area contributed by atoms with Crippen molar-refractivity contribution in [3.05, 3.63) is 12.2 Å². The van der Waals surface area contributed by atoms with Crippen molar-refractivity contribution in [2.24, 2.45) is 11.8 Å². The zero-order valence-corrected chi connectivity index (χ0v) is 8.52. The fraction of sp³-hybridized carbons (Fsp3) is 0.727. The second-order valence-corrected chi connectivity index (χ2v) is 3.87. The van der Waals surface area contributed by atoms with Crippen molar-refractivity contribution < 1.29 is 15.0 Å². The average molecular weight is 198 g/mol. The molecule has 80 valence electrons. The lowest BCUT2D eigenvalue weighted by Gasteiger charge is -2.16. The predicted octanol–water partition coefficient (Wildman–Crippen LogP) is 1.81. The first-order chi connectivity index (χ1) is 6.66. The van der Waals surface area contributed by atoms with Crippen LogP contribution >= 0.6 is 0 Å². The SMILES string of the molecule is CC/C=C\C[C@H]1[C@@H](C(=O)O)CC[C@@H]1O. The summed E-state index contributed by atoms with van der Waals surface area (Å²) < 4.78 is 0. The highest BCUT2D eigenvalue weighted by atomic mass is 16.4. The molecule has 14 heavy (non-hydrogen) atoms. The highest BCUT2D eigenvalue weighted by Gasteiger charge is 2.38. The van der Waals surface area contributed by atoms with Gasteiger partial charge in [0.05, 0.1) is 12.0 Å². The van der Waals surface area contributed by atoms with E-state index in [1.165, 1.54) is 0 Å². The minimum atomic E-state index is -0.767. The first-order valence-electron chi connectivity index (χ1n) is 5.22. The molecule has 0 aromatic rings. The first kappa shape index (κ1) is 11.2. The van der Waals surface area contributed by atoms with E-state index in [2.05, 4.69) is 0 Å². The molecule has 3 atom stereocenters. The van der Waals surface area contributed by atoms with E-state index in [1.807, 2.05) is 19.1 Å². The molecule has 1 aliphatic carbocycles. The van der Waals surface area contributed by atoms with Gasteiger partial charge in [0.15, 0.2) is 0 Å². The van der Waals surface area contributed by atoms with Crippen LogP contribution in [0.2, 0.25) is 0 Å². The summed E-state index contributed by atoms with van der Waals surface area (Å²) in [5.74, 6) is -1.21. The number of hydrogen-bond donors (Lipinski definition) is 2. The van der Waals surface area contributed by atoms with Crippen molar-refractivity contribution in [1.29, 1.82) is 0 Å². The summed E-state index contributed by atoms with van der Waals surface area (Å²) in [4.78, 5) is 10.9. The number of carboxylic acid groups (broad SMARTS) is 1. The lowest BCUT2D eigenvalue weighted by Crippen LogP contribution is -2.24. The third-order valence-electron chi connectivity index (χ3n) is 2.91. The Bertz CT molecular complexity index is 223. The highest BCUT2D eigenvalue weighted by molar-refractivity contribution is 5.70. The maximum absolute atomic E-state index is 10.9. The topological polar surface area (TPSA) is 57.5 Å². The molecular formula is C11H18O3. The average Bonchev–Trinajstić information content (AvgIpc) is 2.48. The molecule has 3 heteroatoms. The molecular weight excluding hydrogens is 180 g/mol. The zero-order valence-electron chi connectivity index (χ0n) is 8.52. The molecule has 1 aliphatic rings. The molecule has 3 nitrogen and oxygen atoms in total. The van der Waals surface area contributed by atoms with E-state index in [0.717, 1.165) is 6.42 Å².